The van der Waals surface area contributed by atoms with Gasteiger partial charge in [0.05, 0.1) is 24.0 Å². The summed E-state index contributed by atoms with van der Waals surface area (Å²) >= 11 is 13.4. The number of hydrogen-bond donors (Lipinski definition) is 2. The van der Waals surface area contributed by atoms with Gasteiger partial charge in [0.15, 0.2) is 0 Å². The molecule has 0 spiro atoms. The first-order valence-electron chi connectivity index (χ1n) is 7.45. The molecule has 9 heteroatoms. The molecule has 3 heterocycles. The van der Waals surface area contributed by atoms with E-state index >= 15 is 0 Å². The molecule has 0 amide bonds. The molecule has 6 nitrogen and oxygen atoms in total. The molecule has 0 radical (unpaired) electrons. The second-order valence-electron chi connectivity index (χ2n) is 5.74. The Balaban J connectivity index is 1.67. The van der Waals surface area contributed by atoms with E-state index in [1.165, 1.54) is 11.8 Å². The number of nitrogens with zero attached hydrogens (tertiary/aromatic N) is 4. The number of piperidine rings is 1. The van der Waals surface area contributed by atoms with Gasteiger partial charge in [0.25, 0.3) is 0 Å². The lowest BCUT2D eigenvalue weighted by Crippen LogP contribution is -2.53. The number of aromatic nitrogens is 3. The molecule has 128 valence electrons. The molecule has 0 saturated carbocycles. The largest absolute Gasteiger partial charge is 0.394 e. The summed E-state index contributed by atoms with van der Waals surface area (Å²) in [6, 6.07) is 1.79. The van der Waals surface area contributed by atoms with Crippen LogP contribution in [0, 0.1) is 0 Å². The summed E-state index contributed by atoms with van der Waals surface area (Å²) < 4.78 is 0. The zero-order valence-corrected chi connectivity index (χ0v) is 15.2. The van der Waals surface area contributed by atoms with Gasteiger partial charge >= 0.3 is 0 Å². The van der Waals surface area contributed by atoms with Crippen LogP contribution in [0.15, 0.2) is 34.6 Å². The molecule has 3 rings (SSSR count). The van der Waals surface area contributed by atoms with Gasteiger partial charge in [0.2, 0.25) is 0 Å². The van der Waals surface area contributed by atoms with Crippen LogP contribution in [0.2, 0.25) is 10.2 Å². The van der Waals surface area contributed by atoms with Gasteiger partial charge in [-0.3, -0.25) is 0 Å². The van der Waals surface area contributed by atoms with Crippen molar-refractivity contribution in [2.45, 2.75) is 28.3 Å². The Morgan fingerprint density at radius 3 is 2.58 bits per heavy atom. The lowest BCUT2D eigenvalue weighted by Gasteiger charge is -2.38. The van der Waals surface area contributed by atoms with Crippen LogP contribution in [0.5, 0.6) is 0 Å². The van der Waals surface area contributed by atoms with Crippen molar-refractivity contribution in [1.82, 2.24) is 15.0 Å². The molecular weight excluding hydrogens is 369 g/mol. The van der Waals surface area contributed by atoms with Gasteiger partial charge in [-0.05, 0) is 18.9 Å². The van der Waals surface area contributed by atoms with Crippen molar-refractivity contribution >= 4 is 40.8 Å². The van der Waals surface area contributed by atoms with Crippen molar-refractivity contribution in [1.29, 1.82) is 0 Å². The summed E-state index contributed by atoms with van der Waals surface area (Å²) in [5, 5.41) is 10.7. The highest BCUT2D eigenvalue weighted by Gasteiger charge is 2.30. The summed E-state index contributed by atoms with van der Waals surface area (Å²) in [7, 11) is 0. The van der Waals surface area contributed by atoms with Crippen LogP contribution in [0.25, 0.3) is 0 Å². The quantitative estimate of drug-likeness (QED) is 0.781. The highest BCUT2D eigenvalue weighted by molar-refractivity contribution is 7.99. The van der Waals surface area contributed by atoms with E-state index in [0.29, 0.717) is 5.02 Å². The number of aliphatic hydroxyl groups excluding tert-OH is 1. The third-order valence-electron chi connectivity index (χ3n) is 4.04. The third kappa shape index (κ3) is 3.92. The molecule has 2 aromatic rings. The predicted octanol–water partition coefficient (Wildman–Crippen LogP) is 2.62. The lowest BCUT2D eigenvalue weighted by atomic mass is 9.90. The second kappa shape index (κ2) is 7.41. The minimum Gasteiger partial charge on any atom is -0.394 e. The van der Waals surface area contributed by atoms with E-state index in [2.05, 4.69) is 19.9 Å². The fourth-order valence-electron chi connectivity index (χ4n) is 2.46. The van der Waals surface area contributed by atoms with Gasteiger partial charge in [0, 0.05) is 29.7 Å². The van der Waals surface area contributed by atoms with E-state index in [9.17, 15) is 5.11 Å². The number of hydrogen-bond acceptors (Lipinski definition) is 7. The van der Waals surface area contributed by atoms with E-state index in [1.807, 2.05) is 0 Å². The molecule has 0 aromatic carbocycles. The van der Waals surface area contributed by atoms with Crippen molar-refractivity contribution in [3.63, 3.8) is 0 Å². The van der Waals surface area contributed by atoms with Crippen molar-refractivity contribution in [2.75, 3.05) is 24.6 Å². The van der Waals surface area contributed by atoms with Gasteiger partial charge in [-0.15, -0.1) is 0 Å². The van der Waals surface area contributed by atoms with Gasteiger partial charge in [-0.1, -0.05) is 35.0 Å². The zero-order chi connectivity index (χ0) is 17.2. The number of anilines is 1. The smallest absolute Gasteiger partial charge is 0.148 e. The Morgan fingerprint density at radius 1 is 1.21 bits per heavy atom. The van der Waals surface area contributed by atoms with E-state index in [4.69, 9.17) is 28.9 Å². The SMILES string of the molecule is NC1(CO)CCN(c2cnc(Sc3ccnc(Cl)c3Cl)cn2)CC1. The molecule has 0 unspecified atom stereocenters. The van der Waals surface area contributed by atoms with Crippen LogP contribution in [0.3, 0.4) is 0 Å². The summed E-state index contributed by atoms with van der Waals surface area (Å²) in [6.07, 6.45) is 6.51. The van der Waals surface area contributed by atoms with Crippen LogP contribution in [0.1, 0.15) is 12.8 Å². The Hall–Kier alpha value is -1.12. The highest BCUT2D eigenvalue weighted by atomic mass is 35.5. The molecule has 0 bridgehead atoms. The minimum absolute atomic E-state index is 0.0113. The van der Waals surface area contributed by atoms with Gasteiger partial charge in [0.1, 0.15) is 16.0 Å². The Bertz CT molecular complexity index is 708. The van der Waals surface area contributed by atoms with Gasteiger partial charge in [-0.25, -0.2) is 15.0 Å². The van der Waals surface area contributed by atoms with Crippen LogP contribution in [-0.4, -0.2) is 45.3 Å². The van der Waals surface area contributed by atoms with Crippen molar-refractivity contribution in [2.24, 2.45) is 5.73 Å². The molecule has 3 N–H and O–H groups in total. The molecule has 2 aromatic heterocycles. The normalized spacial score (nSPS) is 17.1. The number of aliphatic hydroxyl groups is 1. The summed E-state index contributed by atoms with van der Waals surface area (Å²) in [5.41, 5.74) is 5.62. The standard InChI is InChI=1S/C15H17Cl2N5OS/c16-13-10(1-4-19-14(13)17)24-12-8-20-11(7-21-12)22-5-2-15(18,9-23)3-6-22/h1,4,7-8,23H,2-3,5-6,9,18H2. The van der Waals surface area contributed by atoms with Crippen molar-refractivity contribution in [3.05, 3.63) is 34.8 Å². The topological polar surface area (TPSA) is 88.2 Å². The number of halogens is 2. The number of rotatable bonds is 4. The number of pyridine rings is 1. The molecule has 24 heavy (non-hydrogen) atoms. The molecule has 1 aliphatic heterocycles. The Kier molecular flexibility index (Phi) is 5.46. The monoisotopic (exact) mass is 385 g/mol. The first-order chi connectivity index (χ1) is 11.5. The average molecular weight is 386 g/mol. The van der Waals surface area contributed by atoms with Gasteiger partial charge in [-0.2, -0.15) is 0 Å². The van der Waals surface area contributed by atoms with Crippen LogP contribution in [-0.2, 0) is 0 Å². The molecule has 0 atom stereocenters. The average Bonchev–Trinajstić information content (AvgIpc) is 2.60. The Labute approximate surface area is 154 Å². The lowest BCUT2D eigenvalue weighted by molar-refractivity contribution is 0.170. The fraction of sp³-hybridized carbons (Fsp3) is 0.400. The summed E-state index contributed by atoms with van der Waals surface area (Å²) in [5.74, 6) is 0.804. The molecule has 1 aliphatic rings. The molecule has 1 saturated heterocycles. The highest BCUT2D eigenvalue weighted by Crippen LogP contribution is 2.35. The third-order valence-corrected chi connectivity index (χ3v) is 5.90. The van der Waals surface area contributed by atoms with Crippen molar-refractivity contribution < 1.29 is 5.11 Å². The van der Waals surface area contributed by atoms with Crippen LogP contribution < -0.4 is 10.6 Å². The second-order valence-corrected chi connectivity index (χ2v) is 7.53. The predicted molar refractivity (Wildman–Crippen MR) is 95.9 cm³/mol. The van der Waals surface area contributed by atoms with Crippen LogP contribution in [0.4, 0.5) is 5.82 Å². The maximum atomic E-state index is 9.33. The maximum Gasteiger partial charge on any atom is 0.148 e. The van der Waals surface area contributed by atoms with E-state index in [-0.39, 0.29) is 11.8 Å². The van der Waals surface area contributed by atoms with E-state index in [1.54, 1.807) is 24.7 Å². The summed E-state index contributed by atoms with van der Waals surface area (Å²) in [4.78, 5) is 15.7. The number of nitrogens with two attached hydrogens (primary N) is 1. The first-order valence-corrected chi connectivity index (χ1v) is 9.03. The van der Waals surface area contributed by atoms with Crippen molar-refractivity contribution in [3.8, 4) is 0 Å². The van der Waals surface area contributed by atoms with Crippen LogP contribution >= 0.6 is 35.0 Å². The molecule has 1 fully saturated rings. The molecule has 0 aliphatic carbocycles. The minimum atomic E-state index is -0.475. The van der Waals surface area contributed by atoms with E-state index < -0.39 is 5.54 Å². The Morgan fingerprint density at radius 2 is 1.96 bits per heavy atom. The fourth-order valence-corrected chi connectivity index (χ4v) is 3.65. The first kappa shape index (κ1) is 17.7. The van der Waals surface area contributed by atoms with Gasteiger partial charge < -0.3 is 15.7 Å². The summed E-state index contributed by atoms with van der Waals surface area (Å²) in [6.45, 7) is 1.52. The maximum absolute atomic E-state index is 9.33. The van der Waals surface area contributed by atoms with E-state index in [0.717, 1.165) is 41.7 Å². The molecular formula is C15H17Cl2N5OS. The zero-order valence-electron chi connectivity index (χ0n) is 12.8.